The second kappa shape index (κ2) is 3.39. The summed E-state index contributed by atoms with van der Waals surface area (Å²) in [5, 5.41) is 0. The number of amides is 1. The summed E-state index contributed by atoms with van der Waals surface area (Å²) in [5.41, 5.74) is -0.212. The van der Waals surface area contributed by atoms with E-state index in [1.165, 1.54) is 12.8 Å². The predicted octanol–water partition coefficient (Wildman–Crippen LogP) is 2.94. The normalized spacial score (nSPS) is 25.8. The first-order valence-corrected chi connectivity index (χ1v) is 5.94. The van der Waals surface area contributed by atoms with E-state index < -0.39 is 0 Å². The van der Waals surface area contributed by atoms with Gasteiger partial charge in [0.25, 0.3) is 0 Å². The summed E-state index contributed by atoms with van der Waals surface area (Å²) in [6, 6.07) is 0. The molecule has 3 nitrogen and oxygen atoms in total. The molecule has 0 bridgehead atoms. The number of nitrogens with zero attached hydrogens (tertiary/aromatic N) is 1. The molecule has 0 aromatic carbocycles. The predicted molar refractivity (Wildman–Crippen MR) is 58.8 cm³/mol. The molecule has 2 fully saturated rings. The van der Waals surface area contributed by atoms with Crippen molar-refractivity contribution in [3.63, 3.8) is 0 Å². The van der Waals surface area contributed by atoms with E-state index in [2.05, 4.69) is 20.8 Å². The minimum absolute atomic E-state index is 0.0984. The average molecular weight is 211 g/mol. The number of hydrogen-bond donors (Lipinski definition) is 0. The molecular formula is C12H21NO2. The van der Waals surface area contributed by atoms with Crippen molar-refractivity contribution in [1.29, 1.82) is 0 Å². The molecule has 0 aromatic heterocycles. The molecule has 0 aromatic rings. The van der Waals surface area contributed by atoms with Gasteiger partial charge in [-0.2, -0.15) is 0 Å². The third-order valence-corrected chi connectivity index (χ3v) is 3.64. The average Bonchev–Trinajstić information content (AvgIpc) is 2.50. The third kappa shape index (κ3) is 1.97. The van der Waals surface area contributed by atoms with Crippen molar-refractivity contribution < 1.29 is 9.53 Å². The quantitative estimate of drug-likeness (QED) is 0.616. The summed E-state index contributed by atoms with van der Waals surface area (Å²) in [5.74, 6) is 0. The number of carbonyl (C=O) groups is 1. The lowest BCUT2D eigenvalue weighted by Gasteiger charge is -2.44. The molecule has 0 radical (unpaired) electrons. The van der Waals surface area contributed by atoms with Gasteiger partial charge in [-0.3, -0.25) is 0 Å². The van der Waals surface area contributed by atoms with Crippen LogP contribution in [0.4, 0.5) is 4.79 Å². The highest BCUT2D eigenvalue weighted by atomic mass is 16.6. The fourth-order valence-electron chi connectivity index (χ4n) is 2.68. The molecule has 1 saturated carbocycles. The van der Waals surface area contributed by atoms with E-state index in [4.69, 9.17) is 4.74 Å². The maximum atomic E-state index is 11.9. The van der Waals surface area contributed by atoms with Crippen LogP contribution in [0.2, 0.25) is 0 Å². The monoisotopic (exact) mass is 211 g/mol. The second-order valence-corrected chi connectivity index (χ2v) is 5.83. The Balaban J connectivity index is 2.06. The number of carbonyl (C=O) groups excluding carboxylic acids is 1. The molecule has 86 valence electrons. The summed E-state index contributed by atoms with van der Waals surface area (Å²) in [7, 11) is 0. The van der Waals surface area contributed by atoms with E-state index in [-0.39, 0.29) is 17.2 Å². The van der Waals surface area contributed by atoms with Gasteiger partial charge in [0.1, 0.15) is 5.60 Å². The van der Waals surface area contributed by atoms with Crippen LogP contribution in [0.15, 0.2) is 0 Å². The molecule has 1 aliphatic heterocycles. The van der Waals surface area contributed by atoms with Gasteiger partial charge in [0.15, 0.2) is 0 Å². The van der Waals surface area contributed by atoms with Gasteiger partial charge in [-0.05, 0) is 46.5 Å². The molecule has 1 spiro atoms. The Morgan fingerprint density at radius 1 is 1.20 bits per heavy atom. The van der Waals surface area contributed by atoms with Crippen LogP contribution in [0.5, 0.6) is 0 Å². The van der Waals surface area contributed by atoms with E-state index >= 15 is 0 Å². The van der Waals surface area contributed by atoms with Gasteiger partial charge in [-0.15, -0.1) is 0 Å². The molecule has 15 heavy (non-hydrogen) atoms. The summed E-state index contributed by atoms with van der Waals surface area (Å²) in [6.45, 7) is 7.02. The summed E-state index contributed by atoms with van der Waals surface area (Å²) in [6.07, 6.45) is 5.45. The van der Waals surface area contributed by atoms with Crippen LogP contribution in [-0.4, -0.2) is 28.7 Å². The molecule has 1 aliphatic carbocycles. The van der Waals surface area contributed by atoms with Crippen molar-refractivity contribution in [2.24, 2.45) is 0 Å². The number of hydrogen-bond acceptors (Lipinski definition) is 2. The minimum Gasteiger partial charge on any atom is -0.443 e. The zero-order valence-corrected chi connectivity index (χ0v) is 10.0. The first-order chi connectivity index (χ1) is 6.93. The zero-order chi connectivity index (χ0) is 11.1. The highest BCUT2D eigenvalue weighted by Gasteiger charge is 2.44. The van der Waals surface area contributed by atoms with Crippen LogP contribution in [0.25, 0.3) is 0 Å². The number of ether oxygens (including phenoxy) is 1. The first kappa shape index (κ1) is 10.8. The van der Waals surface area contributed by atoms with E-state index in [1.807, 2.05) is 4.90 Å². The first-order valence-electron chi connectivity index (χ1n) is 5.94. The molecule has 1 saturated heterocycles. The van der Waals surface area contributed by atoms with Crippen LogP contribution in [0.1, 0.15) is 52.9 Å². The fraction of sp³-hybridized carbons (Fsp3) is 0.917. The van der Waals surface area contributed by atoms with Crippen LogP contribution < -0.4 is 0 Å². The summed E-state index contributed by atoms with van der Waals surface area (Å²) >= 11 is 0. The summed E-state index contributed by atoms with van der Waals surface area (Å²) < 4.78 is 5.66. The minimum atomic E-state index is -0.115. The number of rotatable bonds is 0. The molecule has 2 aliphatic rings. The Morgan fingerprint density at radius 3 is 2.27 bits per heavy atom. The van der Waals surface area contributed by atoms with Crippen molar-refractivity contribution >= 4 is 6.09 Å². The molecule has 0 atom stereocenters. The van der Waals surface area contributed by atoms with Crippen molar-refractivity contribution in [3.05, 3.63) is 0 Å². The summed E-state index contributed by atoms with van der Waals surface area (Å²) in [4.78, 5) is 13.7. The molecule has 0 unspecified atom stereocenters. The lowest BCUT2D eigenvalue weighted by molar-refractivity contribution is -0.0619. The van der Waals surface area contributed by atoms with Crippen LogP contribution >= 0.6 is 0 Å². The third-order valence-electron chi connectivity index (χ3n) is 3.64. The molecular weight excluding hydrogens is 190 g/mol. The largest absolute Gasteiger partial charge is 0.443 e. The van der Waals surface area contributed by atoms with Gasteiger partial charge in [0.05, 0.1) is 0 Å². The molecule has 1 heterocycles. The Morgan fingerprint density at radius 2 is 1.80 bits per heavy atom. The van der Waals surface area contributed by atoms with Gasteiger partial charge in [0.2, 0.25) is 0 Å². The highest BCUT2D eigenvalue weighted by Crippen LogP contribution is 2.40. The van der Waals surface area contributed by atoms with Crippen molar-refractivity contribution in [2.45, 2.75) is 64.0 Å². The molecule has 0 N–H and O–H groups in total. The lowest BCUT2D eigenvalue weighted by Crippen LogP contribution is -2.54. The maximum absolute atomic E-state index is 11.9. The van der Waals surface area contributed by atoms with Gasteiger partial charge in [-0.1, -0.05) is 0 Å². The van der Waals surface area contributed by atoms with E-state index in [0.29, 0.717) is 0 Å². The van der Waals surface area contributed by atoms with Crippen molar-refractivity contribution in [1.82, 2.24) is 4.90 Å². The van der Waals surface area contributed by atoms with Gasteiger partial charge < -0.3 is 9.64 Å². The van der Waals surface area contributed by atoms with Gasteiger partial charge >= 0.3 is 6.09 Å². The molecule has 1 amide bonds. The van der Waals surface area contributed by atoms with E-state index in [1.54, 1.807) is 0 Å². The van der Waals surface area contributed by atoms with Crippen LogP contribution in [0.3, 0.4) is 0 Å². The Labute approximate surface area is 91.8 Å². The highest BCUT2D eigenvalue weighted by molar-refractivity contribution is 5.70. The van der Waals surface area contributed by atoms with Crippen molar-refractivity contribution in [2.75, 3.05) is 6.54 Å². The van der Waals surface area contributed by atoms with E-state index in [0.717, 1.165) is 25.8 Å². The topological polar surface area (TPSA) is 29.5 Å². The maximum Gasteiger partial charge on any atom is 0.410 e. The van der Waals surface area contributed by atoms with Crippen LogP contribution in [-0.2, 0) is 4.74 Å². The SMILES string of the molecule is CC(C)(C)N1CCC2(CCCC2)OC1=O. The van der Waals surface area contributed by atoms with Crippen LogP contribution in [0, 0.1) is 0 Å². The van der Waals surface area contributed by atoms with Gasteiger partial charge in [-0.25, -0.2) is 4.79 Å². The fourth-order valence-corrected chi connectivity index (χ4v) is 2.68. The molecule has 3 heteroatoms. The lowest BCUT2D eigenvalue weighted by atomic mass is 9.94. The zero-order valence-electron chi connectivity index (χ0n) is 10.0. The second-order valence-electron chi connectivity index (χ2n) is 5.83. The Hall–Kier alpha value is -0.730. The van der Waals surface area contributed by atoms with E-state index in [9.17, 15) is 4.79 Å². The Kier molecular flexibility index (Phi) is 2.44. The smallest absolute Gasteiger partial charge is 0.410 e. The molecule has 2 rings (SSSR count). The van der Waals surface area contributed by atoms with Gasteiger partial charge in [0, 0.05) is 18.5 Å². The van der Waals surface area contributed by atoms with Crippen molar-refractivity contribution in [3.8, 4) is 0 Å². The Bertz CT molecular complexity index is 261. The standard InChI is InChI=1S/C12H21NO2/c1-11(2,3)13-9-8-12(15-10(13)14)6-4-5-7-12/h4-9H2,1-3H3.